The maximum absolute atomic E-state index is 12.9. The molecule has 1 aliphatic heterocycles. The molecule has 0 saturated carbocycles. The number of ether oxygens (including phenoxy) is 2. The third kappa shape index (κ3) is 5.31. The molecule has 1 N–H and O–H groups in total. The highest BCUT2D eigenvalue weighted by atomic mass is 32.2. The van der Waals surface area contributed by atoms with Gasteiger partial charge >= 0.3 is 0 Å². The lowest BCUT2D eigenvalue weighted by Gasteiger charge is -2.31. The Hall–Kier alpha value is -2.58. The third-order valence-electron chi connectivity index (χ3n) is 5.20. The van der Waals surface area contributed by atoms with Gasteiger partial charge in [-0.2, -0.15) is 4.31 Å². The fourth-order valence-corrected chi connectivity index (χ4v) is 4.99. The van der Waals surface area contributed by atoms with Gasteiger partial charge in [-0.25, -0.2) is 8.42 Å². The molecule has 2 aromatic rings. The van der Waals surface area contributed by atoms with Gasteiger partial charge in [-0.05, 0) is 55.7 Å². The van der Waals surface area contributed by atoms with Crippen molar-refractivity contribution in [3.63, 3.8) is 0 Å². The second-order valence-corrected chi connectivity index (χ2v) is 9.22. The summed E-state index contributed by atoms with van der Waals surface area (Å²) in [7, 11) is -2.12. The Morgan fingerprint density at radius 2 is 1.90 bits per heavy atom. The number of sulfonamides is 1. The number of piperidine rings is 1. The van der Waals surface area contributed by atoms with E-state index in [0.29, 0.717) is 38.3 Å². The SMILES string of the molecule is COc1ccc(S(=O)(=O)N2CCC[C@H](C(=O)NCCOc3ccccc3C)C2)cc1. The zero-order valence-electron chi connectivity index (χ0n) is 17.3. The maximum atomic E-state index is 12.9. The van der Waals surface area contributed by atoms with Crippen molar-refractivity contribution in [1.82, 2.24) is 9.62 Å². The third-order valence-corrected chi connectivity index (χ3v) is 7.08. The van der Waals surface area contributed by atoms with Crippen molar-refractivity contribution in [1.29, 1.82) is 0 Å². The van der Waals surface area contributed by atoms with Gasteiger partial charge in [-0.15, -0.1) is 0 Å². The summed E-state index contributed by atoms with van der Waals surface area (Å²) in [5.74, 6) is 0.877. The van der Waals surface area contributed by atoms with E-state index >= 15 is 0 Å². The second-order valence-electron chi connectivity index (χ2n) is 7.28. The lowest BCUT2D eigenvalue weighted by Crippen LogP contribution is -2.45. The topological polar surface area (TPSA) is 84.9 Å². The summed E-state index contributed by atoms with van der Waals surface area (Å²) >= 11 is 0. The molecule has 8 heteroatoms. The minimum atomic E-state index is -3.65. The van der Waals surface area contributed by atoms with Gasteiger partial charge < -0.3 is 14.8 Å². The molecule has 1 aliphatic rings. The molecule has 1 amide bonds. The van der Waals surface area contributed by atoms with Gasteiger partial charge in [0.05, 0.1) is 24.5 Å². The molecule has 30 heavy (non-hydrogen) atoms. The van der Waals surface area contributed by atoms with Crippen LogP contribution in [-0.2, 0) is 14.8 Å². The monoisotopic (exact) mass is 432 g/mol. The van der Waals surface area contributed by atoms with E-state index in [-0.39, 0.29) is 23.3 Å². The summed E-state index contributed by atoms with van der Waals surface area (Å²) in [5.41, 5.74) is 1.04. The summed E-state index contributed by atoms with van der Waals surface area (Å²) in [6.07, 6.45) is 1.31. The largest absolute Gasteiger partial charge is 0.497 e. The van der Waals surface area contributed by atoms with Gasteiger partial charge in [-0.1, -0.05) is 18.2 Å². The molecule has 162 valence electrons. The van der Waals surface area contributed by atoms with Crippen LogP contribution < -0.4 is 14.8 Å². The second kappa shape index (κ2) is 9.95. The van der Waals surface area contributed by atoms with Crippen molar-refractivity contribution in [3.8, 4) is 11.5 Å². The molecule has 0 bridgehead atoms. The van der Waals surface area contributed by atoms with Crippen LogP contribution in [0.15, 0.2) is 53.4 Å². The van der Waals surface area contributed by atoms with Crippen molar-refractivity contribution in [2.24, 2.45) is 5.92 Å². The average molecular weight is 433 g/mol. The van der Waals surface area contributed by atoms with Crippen molar-refractivity contribution in [3.05, 3.63) is 54.1 Å². The number of benzene rings is 2. The number of rotatable bonds is 8. The minimum Gasteiger partial charge on any atom is -0.497 e. The first-order valence-corrected chi connectivity index (χ1v) is 11.5. The Kier molecular flexibility index (Phi) is 7.33. The van der Waals surface area contributed by atoms with Gasteiger partial charge in [0.1, 0.15) is 18.1 Å². The van der Waals surface area contributed by atoms with Crippen LogP contribution in [0.25, 0.3) is 0 Å². The first-order valence-electron chi connectivity index (χ1n) is 10.0. The van der Waals surface area contributed by atoms with Crippen LogP contribution in [0.1, 0.15) is 18.4 Å². The molecule has 3 rings (SSSR count). The highest BCUT2D eigenvalue weighted by Crippen LogP contribution is 2.25. The number of hydrogen-bond donors (Lipinski definition) is 1. The van der Waals surface area contributed by atoms with E-state index in [0.717, 1.165) is 11.3 Å². The van der Waals surface area contributed by atoms with E-state index in [2.05, 4.69) is 5.32 Å². The number of hydrogen-bond acceptors (Lipinski definition) is 5. The summed E-state index contributed by atoms with van der Waals surface area (Å²) in [6.45, 7) is 3.28. The zero-order chi connectivity index (χ0) is 21.6. The molecule has 1 atom stereocenters. The predicted molar refractivity (Wildman–Crippen MR) is 114 cm³/mol. The number of carbonyl (C=O) groups is 1. The van der Waals surface area contributed by atoms with E-state index in [4.69, 9.17) is 9.47 Å². The molecular formula is C22H28N2O5S. The van der Waals surface area contributed by atoms with Crippen molar-refractivity contribution in [2.45, 2.75) is 24.7 Å². The predicted octanol–water partition coefficient (Wildman–Crippen LogP) is 2.60. The summed E-state index contributed by atoms with van der Waals surface area (Å²) in [6, 6.07) is 14.0. The van der Waals surface area contributed by atoms with Crippen molar-refractivity contribution in [2.75, 3.05) is 33.4 Å². The first kappa shape index (κ1) is 22.1. The van der Waals surface area contributed by atoms with Crippen LogP contribution in [0.3, 0.4) is 0 Å². The minimum absolute atomic E-state index is 0.141. The first-order chi connectivity index (χ1) is 14.4. The lowest BCUT2D eigenvalue weighted by atomic mass is 9.99. The van der Waals surface area contributed by atoms with Gasteiger partial charge in [-0.3, -0.25) is 4.79 Å². The molecule has 1 saturated heterocycles. The number of methoxy groups -OCH3 is 1. The number of para-hydroxylation sites is 1. The Morgan fingerprint density at radius 1 is 1.17 bits per heavy atom. The molecule has 1 fully saturated rings. The van der Waals surface area contributed by atoms with Crippen molar-refractivity contribution < 1.29 is 22.7 Å². The molecule has 0 unspecified atom stereocenters. The quantitative estimate of drug-likeness (QED) is 0.648. The van der Waals surface area contributed by atoms with Gasteiger partial charge in [0, 0.05) is 13.1 Å². The molecule has 2 aromatic carbocycles. The number of nitrogens with one attached hydrogen (secondary N) is 1. The highest BCUT2D eigenvalue weighted by molar-refractivity contribution is 7.89. The van der Waals surface area contributed by atoms with Gasteiger partial charge in [0.15, 0.2) is 0 Å². The Labute approximate surface area is 178 Å². The molecule has 0 aliphatic carbocycles. The summed E-state index contributed by atoms with van der Waals surface area (Å²) < 4.78 is 38.1. The number of aryl methyl sites for hydroxylation is 1. The molecule has 0 radical (unpaired) electrons. The number of carbonyl (C=O) groups excluding carboxylic acids is 1. The average Bonchev–Trinajstić information content (AvgIpc) is 2.77. The summed E-state index contributed by atoms with van der Waals surface area (Å²) in [5, 5.41) is 2.87. The molecule has 1 heterocycles. The Morgan fingerprint density at radius 3 is 2.60 bits per heavy atom. The van der Waals surface area contributed by atoms with Crippen LogP contribution in [0.4, 0.5) is 0 Å². The fourth-order valence-electron chi connectivity index (χ4n) is 3.47. The highest BCUT2D eigenvalue weighted by Gasteiger charge is 2.33. The van der Waals surface area contributed by atoms with Crippen LogP contribution in [-0.4, -0.2) is 52.0 Å². The molecular weight excluding hydrogens is 404 g/mol. The van der Waals surface area contributed by atoms with Crippen molar-refractivity contribution >= 4 is 15.9 Å². The maximum Gasteiger partial charge on any atom is 0.243 e. The van der Waals surface area contributed by atoms with Gasteiger partial charge in [0.25, 0.3) is 0 Å². The van der Waals surface area contributed by atoms with E-state index in [1.807, 2.05) is 31.2 Å². The van der Waals surface area contributed by atoms with Crippen LogP contribution >= 0.6 is 0 Å². The van der Waals surface area contributed by atoms with Crippen LogP contribution in [0, 0.1) is 12.8 Å². The Balaban J connectivity index is 1.53. The zero-order valence-corrected chi connectivity index (χ0v) is 18.2. The summed E-state index contributed by atoms with van der Waals surface area (Å²) in [4.78, 5) is 12.8. The molecule has 0 spiro atoms. The van der Waals surface area contributed by atoms with Crippen LogP contribution in [0.2, 0.25) is 0 Å². The van der Waals surface area contributed by atoms with Crippen LogP contribution in [0.5, 0.6) is 11.5 Å². The Bertz CT molecular complexity index is 960. The van der Waals surface area contributed by atoms with E-state index < -0.39 is 10.0 Å². The standard InChI is InChI=1S/C22H28N2O5S/c1-17-6-3-4-8-21(17)29-15-13-23-22(25)18-7-5-14-24(16-18)30(26,27)20-11-9-19(28-2)10-12-20/h3-4,6,8-12,18H,5,7,13-16H2,1-2H3,(H,23,25)/t18-/m0/s1. The lowest BCUT2D eigenvalue weighted by molar-refractivity contribution is -0.126. The normalized spacial score (nSPS) is 17.3. The number of nitrogens with zero attached hydrogens (tertiary/aromatic N) is 1. The van der Waals surface area contributed by atoms with Gasteiger partial charge in [0.2, 0.25) is 15.9 Å². The molecule has 0 aromatic heterocycles. The smallest absolute Gasteiger partial charge is 0.243 e. The van der Waals surface area contributed by atoms with E-state index in [1.54, 1.807) is 12.1 Å². The molecule has 7 nitrogen and oxygen atoms in total. The fraction of sp³-hybridized carbons (Fsp3) is 0.409. The number of amides is 1. The van der Waals surface area contributed by atoms with E-state index in [1.165, 1.54) is 23.5 Å². The van der Waals surface area contributed by atoms with E-state index in [9.17, 15) is 13.2 Å².